The summed E-state index contributed by atoms with van der Waals surface area (Å²) in [6, 6.07) is 25.4. The third kappa shape index (κ3) is 7.00. The Morgan fingerprint density at radius 1 is 0.824 bits per heavy atom. The molecule has 34 heavy (non-hydrogen) atoms. The molecule has 0 saturated carbocycles. The summed E-state index contributed by atoms with van der Waals surface area (Å²) in [5.41, 5.74) is 2.58. The molecule has 0 aromatic heterocycles. The summed E-state index contributed by atoms with van der Waals surface area (Å²) >= 11 is 0. The van der Waals surface area contributed by atoms with E-state index in [1.165, 1.54) is 38.2 Å². The van der Waals surface area contributed by atoms with Gasteiger partial charge >= 0.3 is 0 Å². The number of hydrogen-bond donors (Lipinski definition) is 1. The molecule has 0 unspecified atom stereocenters. The zero-order valence-electron chi connectivity index (χ0n) is 19.3. The molecular formula is C26H29N3O4S. The molecule has 0 spiro atoms. The Morgan fingerprint density at radius 2 is 1.38 bits per heavy atom. The smallest absolute Gasteiger partial charge is 0.243 e. The molecular weight excluding hydrogens is 450 g/mol. The number of hydrogen-bond acceptors (Lipinski definition) is 4. The largest absolute Gasteiger partial charge is 0.337 e. The SMILES string of the molecule is CC(=O)Nc1ccc(S(=O)(=O)N(C)CC(=O)N(CCc2ccccc2)Cc2ccccc2)cc1. The number of carbonyl (C=O) groups is 2. The summed E-state index contributed by atoms with van der Waals surface area (Å²) in [6.07, 6.45) is 0.667. The first kappa shape index (κ1) is 25.1. The highest BCUT2D eigenvalue weighted by atomic mass is 32.2. The fourth-order valence-electron chi connectivity index (χ4n) is 3.47. The Kier molecular flexibility index (Phi) is 8.56. The Labute approximate surface area is 201 Å². The molecule has 1 N–H and O–H groups in total. The number of benzene rings is 3. The molecule has 0 aliphatic heterocycles. The Hall–Kier alpha value is -3.49. The van der Waals surface area contributed by atoms with Crippen molar-refractivity contribution in [1.82, 2.24) is 9.21 Å². The van der Waals surface area contributed by atoms with Crippen molar-refractivity contribution < 1.29 is 18.0 Å². The summed E-state index contributed by atoms with van der Waals surface area (Å²) in [4.78, 5) is 26.1. The van der Waals surface area contributed by atoms with Gasteiger partial charge in [-0.25, -0.2) is 8.42 Å². The third-order valence-corrected chi connectivity index (χ3v) is 7.14. The Morgan fingerprint density at radius 3 is 1.94 bits per heavy atom. The van der Waals surface area contributed by atoms with Gasteiger partial charge in [0.1, 0.15) is 0 Å². The van der Waals surface area contributed by atoms with E-state index in [4.69, 9.17) is 0 Å². The monoisotopic (exact) mass is 479 g/mol. The van der Waals surface area contributed by atoms with Gasteiger partial charge in [0, 0.05) is 32.7 Å². The van der Waals surface area contributed by atoms with Crippen LogP contribution in [0.15, 0.2) is 89.8 Å². The second-order valence-corrected chi connectivity index (χ2v) is 10.0. The lowest BCUT2D eigenvalue weighted by molar-refractivity contribution is -0.131. The van der Waals surface area contributed by atoms with Gasteiger partial charge in [-0.1, -0.05) is 60.7 Å². The molecule has 0 atom stereocenters. The van der Waals surface area contributed by atoms with E-state index < -0.39 is 10.0 Å². The number of nitrogens with zero attached hydrogens (tertiary/aromatic N) is 2. The number of likely N-dealkylation sites (N-methyl/N-ethyl adjacent to an activating group) is 1. The van der Waals surface area contributed by atoms with Gasteiger partial charge in [0.15, 0.2) is 0 Å². The van der Waals surface area contributed by atoms with Crippen molar-refractivity contribution in [2.45, 2.75) is 24.8 Å². The molecule has 0 heterocycles. The lowest BCUT2D eigenvalue weighted by atomic mass is 10.1. The minimum absolute atomic E-state index is 0.0517. The van der Waals surface area contributed by atoms with E-state index >= 15 is 0 Å². The standard InChI is InChI=1S/C26H29N3O4S/c1-21(30)27-24-13-15-25(16-14-24)34(32,33)28(2)20-26(31)29(19-23-11-7-4-8-12-23)18-17-22-9-5-3-6-10-22/h3-16H,17-20H2,1-2H3,(H,27,30). The molecule has 0 fully saturated rings. The van der Waals surface area contributed by atoms with Crippen LogP contribution in [0.25, 0.3) is 0 Å². The molecule has 7 nitrogen and oxygen atoms in total. The van der Waals surface area contributed by atoms with Crippen LogP contribution in [0.4, 0.5) is 5.69 Å². The Balaban J connectivity index is 1.72. The van der Waals surface area contributed by atoms with E-state index in [0.717, 1.165) is 15.4 Å². The maximum Gasteiger partial charge on any atom is 0.243 e. The highest BCUT2D eigenvalue weighted by molar-refractivity contribution is 7.89. The molecule has 3 aromatic rings. The number of carbonyl (C=O) groups excluding carboxylic acids is 2. The first-order valence-electron chi connectivity index (χ1n) is 11.0. The van der Waals surface area contributed by atoms with E-state index in [1.807, 2.05) is 60.7 Å². The first-order valence-corrected chi connectivity index (χ1v) is 12.4. The molecule has 178 valence electrons. The van der Waals surface area contributed by atoms with Gasteiger partial charge in [-0.2, -0.15) is 4.31 Å². The number of anilines is 1. The van der Waals surface area contributed by atoms with Crippen LogP contribution in [0, 0.1) is 0 Å². The summed E-state index contributed by atoms with van der Waals surface area (Å²) in [7, 11) is -2.48. The summed E-state index contributed by atoms with van der Waals surface area (Å²) in [6.45, 7) is 1.96. The normalized spacial score (nSPS) is 11.3. The third-order valence-electron chi connectivity index (χ3n) is 5.32. The second kappa shape index (κ2) is 11.6. The van der Waals surface area contributed by atoms with Crippen molar-refractivity contribution >= 4 is 27.5 Å². The summed E-state index contributed by atoms with van der Waals surface area (Å²) in [5, 5.41) is 2.60. The van der Waals surface area contributed by atoms with Crippen molar-refractivity contribution in [2.75, 3.05) is 25.5 Å². The molecule has 0 bridgehead atoms. The van der Waals surface area contributed by atoms with Crippen LogP contribution in [0.2, 0.25) is 0 Å². The van der Waals surface area contributed by atoms with E-state index in [1.54, 1.807) is 4.90 Å². The van der Waals surface area contributed by atoms with Crippen molar-refractivity contribution in [3.63, 3.8) is 0 Å². The van der Waals surface area contributed by atoms with Crippen molar-refractivity contribution in [1.29, 1.82) is 0 Å². The topological polar surface area (TPSA) is 86.8 Å². The van der Waals surface area contributed by atoms with Crippen LogP contribution in [0.5, 0.6) is 0 Å². The zero-order valence-corrected chi connectivity index (χ0v) is 20.2. The Bertz CT molecular complexity index is 1200. The van der Waals surface area contributed by atoms with Crippen molar-refractivity contribution in [2.24, 2.45) is 0 Å². The van der Waals surface area contributed by atoms with Crippen LogP contribution >= 0.6 is 0 Å². The van der Waals surface area contributed by atoms with E-state index in [2.05, 4.69) is 5.32 Å². The van der Waals surface area contributed by atoms with Crippen LogP contribution in [-0.4, -0.2) is 49.6 Å². The lowest BCUT2D eigenvalue weighted by Gasteiger charge is -2.26. The van der Waals surface area contributed by atoms with Gasteiger partial charge in [0.2, 0.25) is 21.8 Å². The van der Waals surface area contributed by atoms with Crippen LogP contribution in [0.1, 0.15) is 18.1 Å². The van der Waals surface area contributed by atoms with E-state index in [0.29, 0.717) is 25.2 Å². The van der Waals surface area contributed by atoms with Gasteiger partial charge in [-0.15, -0.1) is 0 Å². The second-order valence-electron chi connectivity index (χ2n) is 8.00. The zero-order chi connectivity index (χ0) is 24.6. The predicted octanol–water partition coefficient (Wildman–Crippen LogP) is 3.54. The fourth-order valence-corrected chi connectivity index (χ4v) is 4.59. The van der Waals surface area contributed by atoms with E-state index in [-0.39, 0.29) is 23.3 Å². The van der Waals surface area contributed by atoms with Gasteiger partial charge in [0.05, 0.1) is 11.4 Å². The molecule has 3 rings (SSSR count). The lowest BCUT2D eigenvalue weighted by Crippen LogP contribution is -2.41. The molecule has 0 saturated heterocycles. The number of rotatable bonds is 10. The quantitative estimate of drug-likeness (QED) is 0.482. The molecule has 0 radical (unpaired) electrons. The minimum atomic E-state index is -3.88. The van der Waals surface area contributed by atoms with Gasteiger partial charge in [-0.3, -0.25) is 9.59 Å². The van der Waals surface area contributed by atoms with E-state index in [9.17, 15) is 18.0 Å². The molecule has 0 aliphatic rings. The van der Waals surface area contributed by atoms with Crippen molar-refractivity contribution in [3.8, 4) is 0 Å². The van der Waals surface area contributed by atoms with Crippen LogP contribution in [-0.2, 0) is 32.6 Å². The molecule has 0 aliphatic carbocycles. The number of amides is 2. The fraction of sp³-hybridized carbons (Fsp3) is 0.231. The number of sulfonamides is 1. The average Bonchev–Trinajstić information content (AvgIpc) is 2.83. The first-order chi connectivity index (χ1) is 16.3. The van der Waals surface area contributed by atoms with Crippen LogP contribution < -0.4 is 5.32 Å². The summed E-state index contributed by atoms with van der Waals surface area (Å²) in [5.74, 6) is -0.520. The molecule has 3 aromatic carbocycles. The van der Waals surface area contributed by atoms with Gasteiger partial charge in [-0.05, 0) is 41.8 Å². The maximum atomic E-state index is 13.2. The average molecular weight is 480 g/mol. The number of nitrogens with one attached hydrogen (secondary N) is 1. The highest BCUT2D eigenvalue weighted by Gasteiger charge is 2.25. The highest BCUT2D eigenvalue weighted by Crippen LogP contribution is 2.18. The maximum absolute atomic E-state index is 13.2. The molecule has 2 amide bonds. The van der Waals surface area contributed by atoms with Gasteiger partial charge in [0.25, 0.3) is 0 Å². The molecule has 8 heteroatoms. The minimum Gasteiger partial charge on any atom is -0.337 e. The van der Waals surface area contributed by atoms with Crippen LogP contribution in [0.3, 0.4) is 0 Å². The predicted molar refractivity (Wildman–Crippen MR) is 133 cm³/mol. The van der Waals surface area contributed by atoms with Crippen molar-refractivity contribution in [3.05, 3.63) is 96.1 Å². The summed E-state index contributed by atoms with van der Waals surface area (Å²) < 4.78 is 27.1. The van der Waals surface area contributed by atoms with Gasteiger partial charge < -0.3 is 10.2 Å².